The van der Waals surface area contributed by atoms with Crippen LogP contribution in [-0.4, -0.2) is 26.1 Å². The molecule has 0 fully saturated rings. The Bertz CT molecular complexity index is 1080. The van der Waals surface area contributed by atoms with Gasteiger partial charge in [0.15, 0.2) is 0 Å². The Hall–Kier alpha value is -3.86. The molecule has 0 aliphatic carbocycles. The third kappa shape index (κ3) is 6.06. The lowest BCUT2D eigenvalue weighted by Gasteiger charge is -2.10. The van der Waals surface area contributed by atoms with Crippen LogP contribution in [0.5, 0.6) is 5.75 Å². The highest BCUT2D eigenvalue weighted by molar-refractivity contribution is 5.97. The van der Waals surface area contributed by atoms with Crippen molar-refractivity contribution in [3.8, 4) is 16.9 Å². The summed E-state index contributed by atoms with van der Waals surface area (Å²) in [7, 11) is 2.94. The molecular formula is C26H25NO4. The van der Waals surface area contributed by atoms with Crippen LogP contribution in [0.2, 0.25) is 0 Å². The standard InChI is InChI=1S/C26H25NO4/c1-18-4-6-19(7-5-18)17-27-26(29)23-15-20(8-13-25(28)31-3)14-22(16-23)21-9-11-24(30-2)12-10-21/h4-16H,17H2,1-3H3,(H,27,29)/b13-8+. The molecule has 0 radical (unpaired) electrons. The third-order valence-corrected chi connectivity index (χ3v) is 4.83. The van der Waals surface area contributed by atoms with E-state index in [1.165, 1.54) is 18.7 Å². The zero-order valence-corrected chi connectivity index (χ0v) is 17.8. The number of hydrogen-bond acceptors (Lipinski definition) is 4. The van der Waals surface area contributed by atoms with Crippen LogP contribution < -0.4 is 10.1 Å². The van der Waals surface area contributed by atoms with Crippen molar-refractivity contribution in [1.29, 1.82) is 0 Å². The predicted octanol–water partition coefficient (Wildman–Crippen LogP) is 4.79. The Balaban J connectivity index is 1.89. The van der Waals surface area contributed by atoms with E-state index in [1.807, 2.05) is 67.6 Å². The number of hydrogen-bond donors (Lipinski definition) is 1. The van der Waals surface area contributed by atoms with Crippen LogP contribution >= 0.6 is 0 Å². The van der Waals surface area contributed by atoms with Crippen molar-refractivity contribution in [2.24, 2.45) is 0 Å². The van der Waals surface area contributed by atoms with Gasteiger partial charge in [-0.2, -0.15) is 0 Å². The first-order chi connectivity index (χ1) is 15.0. The van der Waals surface area contributed by atoms with Crippen LogP contribution in [-0.2, 0) is 16.1 Å². The van der Waals surface area contributed by atoms with Gasteiger partial charge in [-0.1, -0.05) is 42.0 Å². The molecule has 0 unspecified atom stereocenters. The van der Waals surface area contributed by atoms with E-state index >= 15 is 0 Å². The molecule has 0 bridgehead atoms. The smallest absolute Gasteiger partial charge is 0.330 e. The fourth-order valence-corrected chi connectivity index (χ4v) is 3.05. The Morgan fingerprint density at radius 1 is 0.903 bits per heavy atom. The summed E-state index contributed by atoms with van der Waals surface area (Å²) >= 11 is 0. The Morgan fingerprint density at radius 3 is 2.26 bits per heavy atom. The monoisotopic (exact) mass is 415 g/mol. The zero-order chi connectivity index (χ0) is 22.2. The van der Waals surface area contributed by atoms with Crippen molar-refractivity contribution in [2.45, 2.75) is 13.5 Å². The van der Waals surface area contributed by atoms with Crippen LogP contribution in [0.4, 0.5) is 0 Å². The highest BCUT2D eigenvalue weighted by Gasteiger charge is 2.10. The number of carbonyl (C=O) groups excluding carboxylic acids is 2. The number of rotatable bonds is 7. The largest absolute Gasteiger partial charge is 0.497 e. The Morgan fingerprint density at radius 2 is 1.61 bits per heavy atom. The van der Waals surface area contributed by atoms with Gasteiger partial charge < -0.3 is 14.8 Å². The summed E-state index contributed by atoms with van der Waals surface area (Å²) in [6, 6.07) is 21.1. The van der Waals surface area contributed by atoms with Gasteiger partial charge in [0.25, 0.3) is 5.91 Å². The number of ether oxygens (including phenoxy) is 2. The molecule has 3 aromatic carbocycles. The quantitative estimate of drug-likeness (QED) is 0.445. The van der Waals surface area contributed by atoms with Gasteiger partial charge >= 0.3 is 5.97 Å². The van der Waals surface area contributed by atoms with E-state index in [2.05, 4.69) is 10.1 Å². The van der Waals surface area contributed by atoms with Crippen molar-refractivity contribution in [3.63, 3.8) is 0 Å². The molecule has 1 amide bonds. The fraction of sp³-hybridized carbons (Fsp3) is 0.154. The summed E-state index contributed by atoms with van der Waals surface area (Å²) in [6.07, 6.45) is 2.97. The van der Waals surface area contributed by atoms with Crippen molar-refractivity contribution in [3.05, 3.63) is 95.1 Å². The maximum absolute atomic E-state index is 12.9. The zero-order valence-electron chi connectivity index (χ0n) is 17.8. The van der Waals surface area contributed by atoms with E-state index in [9.17, 15) is 9.59 Å². The van der Waals surface area contributed by atoms with E-state index in [0.717, 1.165) is 28.0 Å². The average Bonchev–Trinajstić information content (AvgIpc) is 2.81. The SMILES string of the molecule is COC(=O)/C=C/c1cc(C(=O)NCc2ccc(C)cc2)cc(-c2ccc(OC)cc2)c1. The van der Waals surface area contributed by atoms with E-state index in [0.29, 0.717) is 12.1 Å². The molecule has 0 atom stereocenters. The van der Waals surface area contributed by atoms with Gasteiger partial charge in [0.2, 0.25) is 0 Å². The first kappa shape index (κ1) is 21.8. The lowest BCUT2D eigenvalue weighted by molar-refractivity contribution is -0.134. The Kier molecular flexibility index (Phi) is 7.22. The third-order valence-electron chi connectivity index (χ3n) is 4.83. The number of methoxy groups -OCH3 is 2. The van der Waals surface area contributed by atoms with E-state index in [-0.39, 0.29) is 5.91 Å². The predicted molar refractivity (Wildman–Crippen MR) is 122 cm³/mol. The molecule has 0 saturated carbocycles. The van der Waals surface area contributed by atoms with Crippen molar-refractivity contribution < 1.29 is 19.1 Å². The van der Waals surface area contributed by atoms with Crippen molar-refractivity contribution >= 4 is 18.0 Å². The van der Waals surface area contributed by atoms with Gasteiger partial charge in [-0.3, -0.25) is 4.79 Å². The van der Waals surface area contributed by atoms with Gasteiger partial charge in [0, 0.05) is 18.2 Å². The van der Waals surface area contributed by atoms with Crippen LogP contribution in [0, 0.1) is 6.92 Å². The lowest BCUT2D eigenvalue weighted by Crippen LogP contribution is -2.22. The summed E-state index contributed by atoms with van der Waals surface area (Å²) < 4.78 is 9.89. The molecule has 3 aromatic rings. The fourth-order valence-electron chi connectivity index (χ4n) is 3.05. The van der Waals surface area contributed by atoms with E-state index in [4.69, 9.17) is 4.74 Å². The molecule has 1 N–H and O–H groups in total. The van der Waals surface area contributed by atoms with Gasteiger partial charge in [-0.25, -0.2) is 4.79 Å². The minimum Gasteiger partial charge on any atom is -0.497 e. The summed E-state index contributed by atoms with van der Waals surface area (Å²) in [6.45, 7) is 2.45. The molecule has 3 rings (SSSR count). The number of aryl methyl sites for hydroxylation is 1. The van der Waals surface area contributed by atoms with Gasteiger partial charge in [0.05, 0.1) is 14.2 Å². The number of esters is 1. The molecule has 0 saturated heterocycles. The van der Waals surface area contributed by atoms with E-state index < -0.39 is 5.97 Å². The first-order valence-electron chi connectivity index (χ1n) is 9.88. The molecule has 0 aliphatic heterocycles. The molecule has 0 spiro atoms. The van der Waals surface area contributed by atoms with Crippen molar-refractivity contribution in [1.82, 2.24) is 5.32 Å². The highest BCUT2D eigenvalue weighted by atomic mass is 16.5. The number of benzene rings is 3. The molecule has 158 valence electrons. The van der Waals surface area contributed by atoms with Crippen LogP contribution in [0.25, 0.3) is 17.2 Å². The summed E-state index contributed by atoms with van der Waals surface area (Å²) in [5.41, 5.74) is 5.21. The van der Waals surface area contributed by atoms with Crippen molar-refractivity contribution in [2.75, 3.05) is 14.2 Å². The number of nitrogens with one attached hydrogen (secondary N) is 1. The number of carbonyl (C=O) groups is 2. The summed E-state index contributed by atoms with van der Waals surface area (Å²) in [4.78, 5) is 24.4. The molecular weight excluding hydrogens is 390 g/mol. The average molecular weight is 415 g/mol. The Labute approximate surface area is 182 Å². The highest BCUT2D eigenvalue weighted by Crippen LogP contribution is 2.25. The second-order valence-corrected chi connectivity index (χ2v) is 7.10. The lowest BCUT2D eigenvalue weighted by atomic mass is 9.99. The minimum atomic E-state index is -0.458. The second kappa shape index (κ2) is 10.3. The molecule has 31 heavy (non-hydrogen) atoms. The second-order valence-electron chi connectivity index (χ2n) is 7.10. The van der Waals surface area contributed by atoms with Gasteiger partial charge in [0.1, 0.15) is 5.75 Å². The molecule has 5 heteroatoms. The van der Waals surface area contributed by atoms with E-state index in [1.54, 1.807) is 19.3 Å². The number of amides is 1. The molecule has 0 aliphatic rings. The topological polar surface area (TPSA) is 64.6 Å². The maximum atomic E-state index is 12.9. The summed E-state index contributed by atoms with van der Waals surface area (Å²) in [5, 5.41) is 2.96. The normalized spacial score (nSPS) is 10.7. The van der Waals surface area contributed by atoms with Crippen LogP contribution in [0.3, 0.4) is 0 Å². The minimum absolute atomic E-state index is 0.191. The summed E-state index contributed by atoms with van der Waals surface area (Å²) in [5.74, 6) is 0.102. The van der Waals surface area contributed by atoms with Crippen LogP contribution in [0.1, 0.15) is 27.0 Å². The maximum Gasteiger partial charge on any atom is 0.330 e. The molecule has 0 aromatic heterocycles. The molecule has 0 heterocycles. The van der Waals surface area contributed by atoms with Gasteiger partial charge in [-0.15, -0.1) is 0 Å². The van der Waals surface area contributed by atoms with Crippen LogP contribution in [0.15, 0.2) is 72.8 Å². The first-order valence-corrected chi connectivity index (χ1v) is 9.88. The molecule has 5 nitrogen and oxygen atoms in total. The van der Waals surface area contributed by atoms with Gasteiger partial charge in [-0.05, 0) is 65.6 Å².